The van der Waals surface area contributed by atoms with Crippen molar-refractivity contribution < 1.29 is 8.42 Å². The molecule has 1 aromatic heterocycles. The highest BCUT2D eigenvalue weighted by Crippen LogP contribution is 2.24. The van der Waals surface area contributed by atoms with Crippen molar-refractivity contribution in [1.82, 2.24) is 10.2 Å². The molecule has 66 valence electrons. The van der Waals surface area contributed by atoms with Crippen LogP contribution in [0.15, 0.2) is 4.60 Å². The number of H-pyrrole nitrogens is 1. The molecule has 0 fully saturated rings. The van der Waals surface area contributed by atoms with E-state index in [9.17, 15) is 8.42 Å². The summed E-state index contributed by atoms with van der Waals surface area (Å²) >= 11 is 3.25. The van der Waals surface area contributed by atoms with Crippen molar-refractivity contribution in [2.45, 2.75) is 12.2 Å². The average molecular weight is 251 g/mol. The number of sulfone groups is 1. The molecule has 0 spiro atoms. The van der Waals surface area contributed by atoms with Gasteiger partial charge in [0.1, 0.15) is 4.60 Å². The van der Waals surface area contributed by atoms with Crippen LogP contribution in [-0.4, -0.2) is 24.4 Å². The summed E-state index contributed by atoms with van der Waals surface area (Å²) in [6.45, 7) is 0. The summed E-state index contributed by atoms with van der Waals surface area (Å²) < 4.78 is 23.1. The highest BCUT2D eigenvalue weighted by molar-refractivity contribution is 9.10. The summed E-state index contributed by atoms with van der Waals surface area (Å²) in [5, 5.41) is 6.60. The highest BCUT2D eigenvalue weighted by atomic mass is 79.9. The normalized spacial score (nSPS) is 20.4. The lowest BCUT2D eigenvalue weighted by Gasteiger charge is -2.10. The number of nitrogens with zero attached hydrogens (tertiary/aromatic N) is 1. The van der Waals surface area contributed by atoms with Crippen molar-refractivity contribution in [1.29, 1.82) is 0 Å². The van der Waals surface area contributed by atoms with Crippen molar-refractivity contribution in [2.24, 2.45) is 0 Å². The number of fused-ring (bicyclic) bond motifs is 1. The van der Waals surface area contributed by atoms with Crippen molar-refractivity contribution in [2.75, 3.05) is 5.75 Å². The molecule has 0 atom stereocenters. The minimum Gasteiger partial charge on any atom is -0.280 e. The summed E-state index contributed by atoms with van der Waals surface area (Å²) in [7, 11) is -2.87. The fourth-order valence-electron chi connectivity index (χ4n) is 1.30. The number of halogens is 1. The van der Waals surface area contributed by atoms with Crippen LogP contribution in [0, 0.1) is 0 Å². The van der Waals surface area contributed by atoms with Crippen LogP contribution < -0.4 is 0 Å². The van der Waals surface area contributed by atoms with E-state index in [2.05, 4.69) is 26.1 Å². The Bertz CT molecular complexity index is 409. The standard InChI is InChI=1S/C6H7BrN2O2S/c7-6-4-1-2-12(10,11)3-5(4)8-9-6/h1-3H2,(H,8,9). The molecule has 0 unspecified atom stereocenters. The van der Waals surface area contributed by atoms with Crippen LogP contribution in [0.25, 0.3) is 0 Å². The van der Waals surface area contributed by atoms with E-state index < -0.39 is 9.84 Å². The fourth-order valence-corrected chi connectivity index (χ4v) is 3.16. The Labute approximate surface area is 78.4 Å². The maximum atomic E-state index is 11.2. The molecule has 0 bridgehead atoms. The zero-order valence-corrected chi connectivity index (χ0v) is 8.57. The molecule has 2 heterocycles. The topological polar surface area (TPSA) is 62.8 Å². The summed E-state index contributed by atoms with van der Waals surface area (Å²) in [6, 6.07) is 0. The molecule has 4 nitrogen and oxygen atoms in total. The minimum absolute atomic E-state index is 0.0981. The SMILES string of the molecule is O=S1(=O)CCc2c(Br)n[nH]c2C1. The van der Waals surface area contributed by atoms with Gasteiger partial charge in [0.15, 0.2) is 9.84 Å². The van der Waals surface area contributed by atoms with E-state index in [-0.39, 0.29) is 11.5 Å². The fraction of sp³-hybridized carbons (Fsp3) is 0.500. The second-order valence-corrected chi connectivity index (χ2v) is 5.75. The van der Waals surface area contributed by atoms with Crippen LogP contribution in [0.4, 0.5) is 0 Å². The van der Waals surface area contributed by atoms with Gasteiger partial charge >= 0.3 is 0 Å². The van der Waals surface area contributed by atoms with Gasteiger partial charge in [-0.25, -0.2) is 8.42 Å². The van der Waals surface area contributed by atoms with Crippen molar-refractivity contribution in [3.63, 3.8) is 0 Å². The molecule has 1 aromatic rings. The molecular formula is C6H7BrN2O2S. The Morgan fingerprint density at radius 1 is 1.50 bits per heavy atom. The molecule has 12 heavy (non-hydrogen) atoms. The van der Waals surface area contributed by atoms with Crippen LogP contribution in [0.1, 0.15) is 11.3 Å². The van der Waals surface area contributed by atoms with Gasteiger partial charge in [-0.1, -0.05) is 0 Å². The molecule has 1 N–H and O–H groups in total. The van der Waals surface area contributed by atoms with Crippen LogP contribution in [0.5, 0.6) is 0 Å². The van der Waals surface area contributed by atoms with E-state index in [0.29, 0.717) is 6.42 Å². The third-order valence-electron chi connectivity index (χ3n) is 1.93. The lowest BCUT2D eigenvalue weighted by molar-refractivity contribution is 0.591. The molecule has 0 radical (unpaired) electrons. The monoisotopic (exact) mass is 250 g/mol. The predicted molar refractivity (Wildman–Crippen MR) is 47.5 cm³/mol. The summed E-state index contributed by atoms with van der Waals surface area (Å²) in [4.78, 5) is 0. The molecule has 0 amide bonds. The quantitative estimate of drug-likeness (QED) is 0.736. The lowest BCUT2D eigenvalue weighted by atomic mass is 10.2. The van der Waals surface area contributed by atoms with Gasteiger partial charge in [-0.05, 0) is 22.4 Å². The second kappa shape index (κ2) is 2.56. The first-order valence-electron chi connectivity index (χ1n) is 3.50. The van der Waals surface area contributed by atoms with E-state index >= 15 is 0 Å². The largest absolute Gasteiger partial charge is 0.280 e. The Kier molecular flexibility index (Phi) is 1.76. The summed E-state index contributed by atoms with van der Waals surface area (Å²) in [5.74, 6) is 0.332. The van der Waals surface area contributed by atoms with E-state index in [1.54, 1.807) is 0 Å². The maximum Gasteiger partial charge on any atom is 0.156 e. The molecule has 0 saturated carbocycles. The molecule has 0 aromatic carbocycles. The molecule has 1 aliphatic rings. The number of hydrogen-bond acceptors (Lipinski definition) is 3. The van der Waals surface area contributed by atoms with Gasteiger partial charge in [0.25, 0.3) is 0 Å². The Morgan fingerprint density at radius 3 is 3.00 bits per heavy atom. The van der Waals surface area contributed by atoms with Crippen LogP contribution >= 0.6 is 15.9 Å². The molecular weight excluding hydrogens is 244 g/mol. The van der Waals surface area contributed by atoms with Crippen molar-refractivity contribution in [3.8, 4) is 0 Å². The molecule has 2 rings (SSSR count). The van der Waals surface area contributed by atoms with Gasteiger partial charge < -0.3 is 0 Å². The first kappa shape index (κ1) is 8.25. The highest BCUT2D eigenvalue weighted by Gasteiger charge is 2.24. The van der Waals surface area contributed by atoms with E-state index in [1.807, 2.05) is 0 Å². The first-order valence-corrected chi connectivity index (χ1v) is 6.12. The van der Waals surface area contributed by atoms with E-state index in [0.717, 1.165) is 15.9 Å². The predicted octanol–water partition coefficient (Wildman–Crippen LogP) is 0.643. The molecule has 6 heteroatoms. The number of rotatable bonds is 0. The summed E-state index contributed by atoms with van der Waals surface area (Å²) in [6.07, 6.45) is 0.564. The second-order valence-electron chi connectivity index (χ2n) is 2.81. The number of hydrogen-bond donors (Lipinski definition) is 1. The third kappa shape index (κ3) is 1.29. The molecule has 1 aliphatic heterocycles. The molecule has 0 saturated heterocycles. The average Bonchev–Trinajstić information content (AvgIpc) is 2.30. The third-order valence-corrected chi connectivity index (χ3v) is 4.14. The first-order chi connectivity index (χ1) is 5.58. The smallest absolute Gasteiger partial charge is 0.156 e. The van der Waals surface area contributed by atoms with Gasteiger partial charge in [0, 0.05) is 5.56 Å². The minimum atomic E-state index is -2.87. The van der Waals surface area contributed by atoms with Gasteiger partial charge in [-0.15, -0.1) is 0 Å². The number of aromatic nitrogens is 2. The zero-order valence-electron chi connectivity index (χ0n) is 6.17. The zero-order chi connectivity index (χ0) is 8.77. The van der Waals surface area contributed by atoms with Crippen LogP contribution in [-0.2, 0) is 22.0 Å². The molecule has 0 aliphatic carbocycles. The van der Waals surface area contributed by atoms with Gasteiger partial charge in [0.2, 0.25) is 0 Å². The van der Waals surface area contributed by atoms with Crippen LogP contribution in [0.3, 0.4) is 0 Å². The Morgan fingerprint density at radius 2 is 2.25 bits per heavy atom. The Balaban J connectivity index is 2.50. The van der Waals surface area contributed by atoms with E-state index in [1.165, 1.54) is 0 Å². The van der Waals surface area contributed by atoms with Crippen molar-refractivity contribution >= 4 is 25.8 Å². The van der Waals surface area contributed by atoms with Gasteiger partial charge in [-0.3, -0.25) is 5.10 Å². The maximum absolute atomic E-state index is 11.2. The van der Waals surface area contributed by atoms with Crippen LogP contribution in [0.2, 0.25) is 0 Å². The van der Waals surface area contributed by atoms with Gasteiger partial charge in [0.05, 0.1) is 17.2 Å². The van der Waals surface area contributed by atoms with E-state index in [4.69, 9.17) is 0 Å². The summed E-state index contributed by atoms with van der Waals surface area (Å²) in [5.41, 5.74) is 1.73. The lowest BCUT2D eigenvalue weighted by Crippen LogP contribution is -2.18. The number of nitrogens with one attached hydrogen (secondary N) is 1. The van der Waals surface area contributed by atoms with Gasteiger partial charge in [-0.2, -0.15) is 5.10 Å². The Hall–Kier alpha value is -0.360. The number of aromatic amines is 1. The van der Waals surface area contributed by atoms with Crippen molar-refractivity contribution in [3.05, 3.63) is 15.9 Å².